The number of aliphatic imine (C=N–C) groups is 2. The van der Waals surface area contributed by atoms with Crippen LogP contribution in [-0.4, -0.2) is 24.7 Å². The third kappa shape index (κ3) is 1.98. The van der Waals surface area contributed by atoms with Crippen LogP contribution in [0.25, 0.3) is 0 Å². The van der Waals surface area contributed by atoms with Crippen molar-refractivity contribution in [3.8, 4) is 0 Å². The number of carbonyl (C=O) groups excluding carboxylic acids is 2. The van der Waals surface area contributed by atoms with E-state index in [-0.39, 0.29) is 0 Å². The van der Waals surface area contributed by atoms with Crippen LogP contribution >= 0.6 is 0 Å². The highest BCUT2D eigenvalue weighted by Crippen LogP contribution is 2.56. The van der Waals surface area contributed by atoms with Crippen molar-refractivity contribution in [3.63, 3.8) is 0 Å². The van der Waals surface area contributed by atoms with E-state index in [9.17, 15) is 9.59 Å². The normalized spacial score (nSPS) is 29.9. The zero-order chi connectivity index (χ0) is 16.6. The minimum Gasteiger partial charge on any atom is -0.271 e. The molecule has 1 aliphatic carbocycles. The molecule has 0 saturated heterocycles. The molecular formula is C17H20N2O2. The standard InChI is InChI=1S/C17H20N2O2/c1-9-19-15(21)17(7)12(4)10(2)16(6,14(20)18-8)11(3)13(17)5/h9H,2-5,8H2,1,6-7H3. The van der Waals surface area contributed by atoms with Gasteiger partial charge in [-0.25, -0.2) is 9.98 Å². The fourth-order valence-corrected chi connectivity index (χ4v) is 2.49. The van der Waals surface area contributed by atoms with Crippen molar-refractivity contribution in [3.05, 3.63) is 48.6 Å². The van der Waals surface area contributed by atoms with Crippen molar-refractivity contribution in [1.29, 1.82) is 0 Å². The fraction of sp³-hybridized carbons (Fsp3) is 0.294. The largest absolute Gasteiger partial charge is 0.271 e. The van der Waals surface area contributed by atoms with Crippen LogP contribution in [-0.2, 0) is 9.59 Å². The first-order chi connectivity index (χ1) is 9.59. The van der Waals surface area contributed by atoms with Gasteiger partial charge in [-0.1, -0.05) is 26.3 Å². The summed E-state index contributed by atoms with van der Waals surface area (Å²) in [6.45, 7) is 23.9. The Morgan fingerprint density at radius 2 is 1.24 bits per heavy atom. The first-order valence-electron chi connectivity index (χ1n) is 6.42. The molecule has 0 radical (unpaired) electrons. The lowest BCUT2D eigenvalue weighted by molar-refractivity contribution is -0.126. The maximum Gasteiger partial charge on any atom is 0.260 e. The van der Waals surface area contributed by atoms with Gasteiger partial charge in [0.2, 0.25) is 0 Å². The van der Waals surface area contributed by atoms with Crippen molar-refractivity contribution >= 4 is 24.7 Å². The summed E-state index contributed by atoms with van der Waals surface area (Å²) in [4.78, 5) is 31.8. The Morgan fingerprint density at radius 3 is 1.52 bits per heavy atom. The summed E-state index contributed by atoms with van der Waals surface area (Å²) < 4.78 is 0. The van der Waals surface area contributed by atoms with Crippen molar-refractivity contribution in [1.82, 2.24) is 0 Å². The molecule has 1 saturated carbocycles. The van der Waals surface area contributed by atoms with Crippen molar-refractivity contribution in [2.24, 2.45) is 20.8 Å². The van der Waals surface area contributed by atoms with E-state index >= 15 is 0 Å². The van der Waals surface area contributed by atoms with E-state index < -0.39 is 22.6 Å². The van der Waals surface area contributed by atoms with E-state index in [2.05, 4.69) is 43.0 Å². The second-order valence-corrected chi connectivity index (χ2v) is 5.32. The maximum absolute atomic E-state index is 12.4. The van der Waals surface area contributed by atoms with Crippen molar-refractivity contribution in [2.75, 3.05) is 0 Å². The van der Waals surface area contributed by atoms with Gasteiger partial charge < -0.3 is 0 Å². The predicted octanol–water partition coefficient (Wildman–Crippen LogP) is 3.08. The Labute approximate surface area is 125 Å². The summed E-state index contributed by atoms with van der Waals surface area (Å²) >= 11 is 0. The van der Waals surface area contributed by atoms with Crippen LogP contribution < -0.4 is 0 Å². The smallest absolute Gasteiger partial charge is 0.260 e. The van der Waals surface area contributed by atoms with Gasteiger partial charge in [0.15, 0.2) is 0 Å². The quantitative estimate of drug-likeness (QED) is 0.732. The first kappa shape index (κ1) is 16.7. The lowest BCUT2D eigenvalue weighted by Gasteiger charge is -2.46. The third-order valence-electron chi connectivity index (χ3n) is 4.39. The molecule has 4 nitrogen and oxygen atoms in total. The third-order valence-corrected chi connectivity index (χ3v) is 4.39. The molecule has 1 aliphatic rings. The van der Waals surface area contributed by atoms with Gasteiger partial charge in [0, 0.05) is 6.21 Å². The molecule has 0 heterocycles. The second-order valence-electron chi connectivity index (χ2n) is 5.32. The Bertz CT molecular complexity index is 607. The van der Waals surface area contributed by atoms with Crippen molar-refractivity contribution < 1.29 is 9.59 Å². The Hall–Kier alpha value is -2.36. The zero-order valence-corrected chi connectivity index (χ0v) is 12.8. The fourth-order valence-electron chi connectivity index (χ4n) is 2.49. The van der Waals surface area contributed by atoms with E-state index in [0.717, 1.165) is 0 Å². The van der Waals surface area contributed by atoms with Crippen LogP contribution in [0.3, 0.4) is 0 Å². The van der Waals surface area contributed by atoms with E-state index in [4.69, 9.17) is 0 Å². The number of amides is 2. The summed E-state index contributed by atoms with van der Waals surface area (Å²) in [5, 5.41) is 0. The SMILES string of the molecule is C=NC(=O)C1(C)C(=C)C(=C)C(C)(C(=O)N=CC)C(=C)C1=C. The molecule has 21 heavy (non-hydrogen) atoms. The molecule has 0 bridgehead atoms. The van der Waals surface area contributed by atoms with Gasteiger partial charge in [0.05, 0.1) is 10.8 Å². The van der Waals surface area contributed by atoms with Crippen molar-refractivity contribution in [2.45, 2.75) is 20.8 Å². The monoisotopic (exact) mass is 284 g/mol. The predicted molar refractivity (Wildman–Crippen MR) is 86.5 cm³/mol. The molecule has 0 aromatic heterocycles. The summed E-state index contributed by atoms with van der Waals surface area (Å²) in [6, 6.07) is 0. The van der Waals surface area contributed by atoms with E-state index in [1.54, 1.807) is 20.8 Å². The minimum absolute atomic E-state index is 0.388. The lowest BCUT2D eigenvalue weighted by Crippen LogP contribution is -2.45. The first-order valence-corrected chi connectivity index (χ1v) is 6.42. The highest BCUT2D eigenvalue weighted by molar-refractivity contribution is 6.01. The Balaban J connectivity index is 3.57. The van der Waals surface area contributed by atoms with Crippen LogP contribution in [0.15, 0.2) is 58.6 Å². The highest BCUT2D eigenvalue weighted by atomic mass is 16.2. The summed E-state index contributed by atoms with van der Waals surface area (Å²) in [6.07, 6.45) is 1.41. The molecule has 1 rings (SSSR count). The zero-order valence-electron chi connectivity index (χ0n) is 12.8. The van der Waals surface area contributed by atoms with Gasteiger partial charge in [0.1, 0.15) is 0 Å². The van der Waals surface area contributed by atoms with Gasteiger partial charge in [-0.2, -0.15) is 0 Å². The number of hydrogen-bond acceptors (Lipinski definition) is 2. The highest BCUT2D eigenvalue weighted by Gasteiger charge is 2.54. The molecule has 0 aromatic carbocycles. The summed E-state index contributed by atoms with van der Waals surface area (Å²) in [5.74, 6) is -0.906. The number of nitrogens with zero attached hydrogens (tertiary/aromatic N) is 2. The number of hydrogen-bond donors (Lipinski definition) is 0. The molecule has 4 heteroatoms. The molecule has 0 spiro atoms. The van der Waals surface area contributed by atoms with Crippen LogP contribution in [0.5, 0.6) is 0 Å². The molecule has 1 fully saturated rings. The minimum atomic E-state index is -1.17. The summed E-state index contributed by atoms with van der Waals surface area (Å²) in [7, 11) is 0. The molecular weight excluding hydrogens is 264 g/mol. The van der Waals surface area contributed by atoms with Gasteiger partial charge in [-0.3, -0.25) is 9.59 Å². The van der Waals surface area contributed by atoms with Crippen LogP contribution in [0.4, 0.5) is 0 Å². The van der Waals surface area contributed by atoms with Crippen LogP contribution in [0, 0.1) is 10.8 Å². The van der Waals surface area contributed by atoms with Gasteiger partial charge in [-0.05, 0) is 49.8 Å². The Kier molecular flexibility index (Phi) is 4.14. The van der Waals surface area contributed by atoms with Gasteiger partial charge in [0.25, 0.3) is 11.8 Å². The molecule has 2 amide bonds. The Morgan fingerprint density at radius 1 is 0.905 bits per heavy atom. The molecule has 0 N–H and O–H groups in total. The maximum atomic E-state index is 12.4. The van der Waals surface area contributed by atoms with Crippen LogP contribution in [0.2, 0.25) is 0 Å². The average Bonchev–Trinajstić information content (AvgIpc) is 2.48. The second kappa shape index (κ2) is 5.20. The van der Waals surface area contributed by atoms with E-state index in [1.165, 1.54) is 6.21 Å². The molecule has 0 aliphatic heterocycles. The van der Waals surface area contributed by atoms with Crippen LogP contribution in [0.1, 0.15) is 20.8 Å². The lowest BCUT2D eigenvalue weighted by atomic mass is 9.55. The average molecular weight is 284 g/mol. The molecule has 0 unspecified atom stereocenters. The number of carbonyl (C=O) groups is 2. The van der Waals surface area contributed by atoms with Gasteiger partial charge >= 0.3 is 0 Å². The topological polar surface area (TPSA) is 58.9 Å². The molecule has 0 aromatic rings. The summed E-state index contributed by atoms with van der Waals surface area (Å²) in [5.41, 5.74) is -0.753. The van der Waals surface area contributed by atoms with Gasteiger partial charge in [-0.15, -0.1) is 0 Å². The van der Waals surface area contributed by atoms with E-state index in [0.29, 0.717) is 22.3 Å². The van der Waals surface area contributed by atoms with E-state index in [1.807, 2.05) is 0 Å². The molecule has 110 valence electrons. The number of rotatable bonds is 2. The molecule has 0 atom stereocenters.